The molecular formula is C37H39Cl2N3O5S. The van der Waals surface area contributed by atoms with E-state index in [9.17, 15) is 18.0 Å². The van der Waals surface area contributed by atoms with Crippen molar-refractivity contribution in [1.29, 1.82) is 0 Å². The van der Waals surface area contributed by atoms with Gasteiger partial charge in [-0.2, -0.15) is 0 Å². The lowest BCUT2D eigenvalue weighted by Gasteiger charge is -2.35. The van der Waals surface area contributed by atoms with Gasteiger partial charge >= 0.3 is 0 Å². The van der Waals surface area contributed by atoms with Crippen molar-refractivity contribution < 1.29 is 22.7 Å². The van der Waals surface area contributed by atoms with Crippen molar-refractivity contribution in [2.45, 2.75) is 62.0 Å². The van der Waals surface area contributed by atoms with Crippen LogP contribution in [0, 0.1) is 0 Å². The molecule has 252 valence electrons. The summed E-state index contributed by atoms with van der Waals surface area (Å²) in [4.78, 5) is 30.3. The number of amides is 2. The van der Waals surface area contributed by atoms with E-state index in [4.69, 9.17) is 27.9 Å². The lowest BCUT2D eigenvalue weighted by Crippen LogP contribution is -2.55. The van der Waals surface area contributed by atoms with Gasteiger partial charge in [0.25, 0.3) is 10.0 Å². The van der Waals surface area contributed by atoms with Gasteiger partial charge < -0.3 is 15.0 Å². The minimum absolute atomic E-state index is 0.000183. The van der Waals surface area contributed by atoms with Crippen LogP contribution in [0.15, 0.2) is 108 Å². The largest absolute Gasteiger partial charge is 0.497 e. The van der Waals surface area contributed by atoms with Gasteiger partial charge in [-0.1, -0.05) is 97.1 Å². The summed E-state index contributed by atoms with van der Waals surface area (Å²) in [6.07, 6.45) is 5.12. The van der Waals surface area contributed by atoms with Crippen LogP contribution in [0.2, 0.25) is 10.0 Å². The summed E-state index contributed by atoms with van der Waals surface area (Å²) in [5.74, 6) is -0.386. The molecule has 1 aliphatic rings. The highest BCUT2D eigenvalue weighted by Gasteiger charge is 2.35. The molecule has 48 heavy (non-hydrogen) atoms. The van der Waals surface area contributed by atoms with Crippen LogP contribution in [0.5, 0.6) is 5.75 Å². The Morgan fingerprint density at radius 3 is 2.23 bits per heavy atom. The number of rotatable bonds is 13. The Hall–Kier alpha value is -4.05. The van der Waals surface area contributed by atoms with Crippen molar-refractivity contribution in [3.8, 4) is 5.75 Å². The summed E-state index contributed by atoms with van der Waals surface area (Å²) in [6.45, 7) is -0.610. The fourth-order valence-electron chi connectivity index (χ4n) is 5.94. The molecule has 8 nitrogen and oxygen atoms in total. The van der Waals surface area contributed by atoms with Gasteiger partial charge in [0.05, 0.1) is 17.7 Å². The predicted octanol–water partition coefficient (Wildman–Crippen LogP) is 7.29. The van der Waals surface area contributed by atoms with E-state index < -0.39 is 28.5 Å². The monoisotopic (exact) mass is 707 g/mol. The Morgan fingerprint density at radius 2 is 1.56 bits per heavy atom. The van der Waals surface area contributed by atoms with Crippen LogP contribution in [0.3, 0.4) is 0 Å². The molecule has 0 heterocycles. The van der Waals surface area contributed by atoms with Crippen LogP contribution in [0.1, 0.15) is 43.2 Å². The second kappa shape index (κ2) is 16.4. The number of hydrogen-bond donors (Lipinski definition) is 1. The zero-order chi connectivity index (χ0) is 34.1. The highest BCUT2D eigenvalue weighted by atomic mass is 35.5. The molecule has 1 N–H and O–H groups in total. The topological polar surface area (TPSA) is 96.0 Å². The van der Waals surface area contributed by atoms with Crippen LogP contribution in [-0.2, 0) is 32.6 Å². The molecule has 0 unspecified atom stereocenters. The summed E-state index contributed by atoms with van der Waals surface area (Å²) in [6, 6.07) is 27.9. The highest BCUT2D eigenvalue weighted by Crippen LogP contribution is 2.29. The van der Waals surface area contributed by atoms with Crippen molar-refractivity contribution >= 4 is 50.7 Å². The molecule has 1 aliphatic carbocycles. The van der Waals surface area contributed by atoms with Gasteiger partial charge in [-0.3, -0.25) is 13.9 Å². The van der Waals surface area contributed by atoms with Gasteiger partial charge in [0, 0.05) is 29.1 Å². The van der Waals surface area contributed by atoms with Gasteiger partial charge in [0.2, 0.25) is 11.8 Å². The van der Waals surface area contributed by atoms with E-state index in [-0.39, 0.29) is 35.5 Å². The maximum atomic E-state index is 14.7. The fourth-order valence-corrected chi connectivity index (χ4v) is 7.73. The highest BCUT2D eigenvalue weighted by molar-refractivity contribution is 7.92. The molecule has 4 aromatic rings. The van der Waals surface area contributed by atoms with Gasteiger partial charge in [-0.15, -0.1) is 0 Å². The molecule has 0 aromatic heterocycles. The lowest BCUT2D eigenvalue weighted by molar-refractivity contribution is -0.140. The van der Waals surface area contributed by atoms with Crippen LogP contribution in [-0.4, -0.2) is 50.9 Å². The number of halogens is 2. The molecular weight excluding hydrogens is 669 g/mol. The second-order valence-corrected chi connectivity index (χ2v) is 14.5. The summed E-state index contributed by atoms with van der Waals surface area (Å²) in [7, 11) is -2.80. The Balaban J connectivity index is 1.57. The maximum absolute atomic E-state index is 14.7. The first kappa shape index (κ1) is 35.3. The Bertz CT molecular complexity index is 1800. The molecule has 1 fully saturated rings. The molecule has 0 bridgehead atoms. The molecule has 0 aliphatic heterocycles. The van der Waals surface area contributed by atoms with Gasteiger partial charge in [0.1, 0.15) is 18.3 Å². The molecule has 2 amide bonds. The molecule has 0 spiro atoms. The number of benzene rings is 4. The number of nitrogens with one attached hydrogen (secondary N) is 1. The Morgan fingerprint density at radius 1 is 0.875 bits per heavy atom. The third-order valence-electron chi connectivity index (χ3n) is 8.54. The summed E-state index contributed by atoms with van der Waals surface area (Å²) < 4.78 is 34.7. The van der Waals surface area contributed by atoms with Crippen molar-refractivity contribution in [2.75, 3.05) is 18.0 Å². The van der Waals surface area contributed by atoms with E-state index in [1.807, 2.05) is 36.4 Å². The number of anilines is 1. The molecule has 0 saturated heterocycles. The third kappa shape index (κ3) is 8.89. The quantitative estimate of drug-likeness (QED) is 0.158. The van der Waals surface area contributed by atoms with E-state index in [0.29, 0.717) is 21.4 Å². The zero-order valence-corrected chi connectivity index (χ0v) is 29.1. The van der Waals surface area contributed by atoms with E-state index in [1.54, 1.807) is 48.5 Å². The smallest absolute Gasteiger partial charge is 0.264 e. The Labute approximate surface area is 292 Å². The first-order valence-corrected chi connectivity index (χ1v) is 18.1. The molecule has 1 atom stereocenters. The molecule has 5 rings (SSSR count). The van der Waals surface area contributed by atoms with E-state index in [1.165, 1.54) is 30.2 Å². The first-order chi connectivity index (χ1) is 23.2. The molecule has 4 aromatic carbocycles. The van der Waals surface area contributed by atoms with Gasteiger partial charge in [-0.25, -0.2) is 8.42 Å². The van der Waals surface area contributed by atoms with E-state index in [2.05, 4.69) is 5.32 Å². The normalized spacial score (nSPS) is 14.1. The van der Waals surface area contributed by atoms with Crippen LogP contribution in [0.25, 0.3) is 0 Å². The van der Waals surface area contributed by atoms with Gasteiger partial charge in [0.15, 0.2) is 0 Å². The minimum Gasteiger partial charge on any atom is -0.497 e. The lowest BCUT2D eigenvalue weighted by atomic mass is 9.94. The average molecular weight is 709 g/mol. The average Bonchev–Trinajstić information content (AvgIpc) is 3.10. The third-order valence-corrected chi connectivity index (χ3v) is 10.9. The zero-order valence-electron chi connectivity index (χ0n) is 26.7. The SMILES string of the molecule is COc1ccc(S(=O)(=O)N(CC(=O)N(Cc2ccccc2Cl)[C@@H](Cc2ccccc2)C(=O)NC2CCCCC2)c2cccc(Cl)c2)cc1. The summed E-state index contributed by atoms with van der Waals surface area (Å²) >= 11 is 12.9. The van der Waals surface area contributed by atoms with Crippen LogP contribution < -0.4 is 14.4 Å². The van der Waals surface area contributed by atoms with Crippen LogP contribution >= 0.6 is 23.2 Å². The second-order valence-electron chi connectivity index (χ2n) is 11.8. The molecule has 1 saturated carbocycles. The number of sulfonamides is 1. The number of methoxy groups -OCH3 is 1. The standard InChI is InChI=1S/C37H39Cl2N3O5S/c1-47-32-19-21-33(22-20-32)48(45,46)42(31-17-10-14-29(38)24-31)26-36(43)41(25-28-13-8-9-18-34(28)39)35(23-27-11-4-2-5-12-27)37(44)40-30-15-6-3-7-16-30/h2,4-5,8-14,17-22,24,30,35H,3,6-7,15-16,23,25-26H2,1H3,(H,40,44)/t35-/m0/s1. The van der Waals surface area contributed by atoms with Crippen molar-refractivity contribution in [1.82, 2.24) is 10.2 Å². The molecule has 11 heteroatoms. The van der Waals surface area contributed by atoms with Crippen molar-refractivity contribution in [3.63, 3.8) is 0 Å². The fraction of sp³-hybridized carbons (Fsp3) is 0.297. The van der Waals surface area contributed by atoms with Crippen molar-refractivity contribution in [2.24, 2.45) is 0 Å². The van der Waals surface area contributed by atoms with Gasteiger partial charge in [-0.05, 0) is 72.5 Å². The van der Waals surface area contributed by atoms with E-state index >= 15 is 0 Å². The maximum Gasteiger partial charge on any atom is 0.264 e. The predicted molar refractivity (Wildman–Crippen MR) is 190 cm³/mol. The van der Waals surface area contributed by atoms with Crippen molar-refractivity contribution in [3.05, 3.63) is 124 Å². The Kier molecular flexibility index (Phi) is 12.0. The molecule has 0 radical (unpaired) electrons. The van der Waals surface area contributed by atoms with E-state index in [0.717, 1.165) is 42.0 Å². The van der Waals surface area contributed by atoms with Crippen LogP contribution in [0.4, 0.5) is 5.69 Å². The number of hydrogen-bond acceptors (Lipinski definition) is 5. The number of ether oxygens (including phenoxy) is 1. The number of carbonyl (C=O) groups is 2. The first-order valence-electron chi connectivity index (χ1n) is 16.0. The minimum atomic E-state index is -4.29. The number of nitrogens with zero attached hydrogens (tertiary/aromatic N) is 2. The number of carbonyl (C=O) groups excluding carboxylic acids is 2. The summed E-state index contributed by atoms with van der Waals surface area (Å²) in [5, 5.41) is 3.94. The summed E-state index contributed by atoms with van der Waals surface area (Å²) in [5.41, 5.74) is 1.69.